The molecule has 4 rings (SSSR count). The molecule has 1 atom stereocenters. The Hall–Kier alpha value is -2.92. The lowest BCUT2D eigenvalue weighted by atomic mass is 10.0. The molecule has 2 heterocycles. The number of thiazole rings is 1. The highest BCUT2D eigenvalue weighted by Gasteiger charge is 2.14. The number of methoxy groups -OCH3 is 1. The van der Waals surface area contributed by atoms with Gasteiger partial charge in [-0.3, -0.25) is 4.98 Å². The Labute approximate surface area is 175 Å². The van der Waals surface area contributed by atoms with Crippen LogP contribution in [0.3, 0.4) is 0 Å². The summed E-state index contributed by atoms with van der Waals surface area (Å²) in [4.78, 5) is 10.1. The summed E-state index contributed by atoms with van der Waals surface area (Å²) in [5.74, 6) is 0.880. The van der Waals surface area contributed by atoms with Gasteiger partial charge in [-0.2, -0.15) is 0 Å². The van der Waals surface area contributed by atoms with Crippen LogP contribution in [-0.4, -0.2) is 16.7 Å². The molecule has 29 heavy (non-hydrogen) atoms. The number of benzene rings is 2. The SMILES string of the molecule is CCCC(C)n1c(-c2ccc3cc(OC)ccc3c2)csc1=Nc1cccnc1. The normalized spacial score (nSPS) is 13.0. The zero-order chi connectivity index (χ0) is 20.2. The van der Waals surface area contributed by atoms with Crippen LogP contribution >= 0.6 is 11.3 Å². The van der Waals surface area contributed by atoms with E-state index in [0.29, 0.717) is 6.04 Å². The van der Waals surface area contributed by atoms with Crippen molar-refractivity contribution in [3.05, 3.63) is 71.1 Å². The van der Waals surface area contributed by atoms with Crippen LogP contribution in [0.4, 0.5) is 5.69 Å². The second-order valence-electron chi connectivity index (χ2n) is 7.16. The Bertz CT molecular complexity index is 1180. The van der Waals surface area contributed by atoms with Gasteiger partial charge in [-0.05, 0) is 60.0 Å². The lowest BCUT2D eigenvalue weighted by Crippen LogP contribution is -2.19. The third-order valence-electron chi connectivity index (χ3n) is 5.10. The van der Waals surface area contributed by atoms with Crippen LogP contribution in [-0.2, 0) is 0 Å². The van der Waals surface area contributed by atoms with Crippen molar-refractivity contribution in [2.75, 3.05) is 7.11 Å². The van der Waals surface area contributed by atoms with E-state index in [4.69, 9.17) is 9.73 Å². The molecule has 0 saturated heterocycles. The average Bonchev–Trinajstić information content (AvgIpc) is 3.17. The lowest BCUT2D eigenvalue weighted by molar-refractivity contribution is 0.415. The van der Waals surface area contributed by atoms with Crippen LogP contribution in [0.25, 0.3) is 22.0 Å². The molecule has 4 aromatic rings. The Morgan fingerprint density at radius 1 is 1.14 bits per heavy atom. The second-order valence-corrected chi connectivity index (χ2v) is 8.00. The van der Waals surface area contributed by atoms with E-state index in [0.717, 1.165) is 29.1 Å². The van der Waals surface area contributed by atoms with Crippen LogP contribution in [0.5, 0.6) is 5.75 Å². The highest BCUT2D eigenvalue weighted by molar-refractivity contribution is 7.07. The van der Waals surface area contributed by atoms with Crippen molar-refractivity contribution < 1.29 is 4.74 Å². The first-order chi connectivity index (χ1) is 14.2. The van der Waals surface area contributed by atoms with Gasteiger partial charge in [0.2, 0.25) is 0 Å². The first kappa shape index (κ1) is 19.4. The van der Waals surface area contributed by atoms with Crippen LogP contribution in [0.2, 0.25) is 0 Å². The molecule has 0 aliphatic carbocycles. The van der Waals surface area contributed by atoms with Gasteiger partial charge in [0.25, 0.3) is 0 Å². The van der Waals surface area contributed by atoms with Gasteiger partial charge >= 0.3 is 0 Å². The molecular weight excluding hydrogens is 378 g/mol. The predicted molar refractivity (Wildman–Crippen MR) is 121 cm³/mol. The highest BCUT2D eigenvalue weighted by Crippen LogP contribution is 2.30. The third-order valence-corrected chi connectivity index (χ3v) is 5.94. The number of rotatable bonds is 6. The van der Waals surface area contributed by atoms with Gasteiger partial charge in [-0.1, -0.05) is 31.5 Å². The first-order valence-corrected chi connectivity index (χ1v) is 10.8. The molecule has 0 amide bonds. The first-order valence-electron chi connectivity index (χ1n) is 9.92. The molecule has 0 N–H and O–H groups in total. The third kappa shape index (κ3) is 4.10. The fourth-order valence-electron chi connectivity index (χ4n) is 3.63. The molecule has 0 aliphatic rings. The molecule has 148 valence electrons. The number of nitrogens with zero attached hydrogens (tertiary/aromatic N) is 3. The monoisotopic (exact) mass is 403 g/mol. The van der Waals surface area contributed by atoms with Crippen molar-refractivity contribution in [2.24, 2.45) is 4.99 Å². The summed E-state index contributed by atoms with van der Waals surface area (Å²) in [5.41, 5.74) is 3.29. The van der Waals surface area contributed by atoms with Gasteiger partial charge in [-0.25, -0.2) is 4.99 Å². The van der Waals surface area contributed by atoms with E-state index in [1.54, 1.807) is 30.8 Å². The maximum absolute atomic E-state index is 5.35. The molecule has 0 radical (unpaired) electrons. The zero-order valence-corrected chi connectivity index (χ0v) is 17.8. The number of hydrogen-bond donors (Lipinski definition) is 0. The Morgan fingerprint density at radius 2 is 1.97 bits per heavy atom. The number of pyridine rings is 1. The minimum absolute atomic E-state index is 0.364. The van der Waals surface area contributed by atoms with Gasteiger partial charge in [0.1, 0.15) is 5.75 Å². The van der Waals surface area contributed by atoms with Gasteiger partial charge in [0, 0.05) is 17.6 Å². The van der Waals surface area contributed by atoms with Crippen LogP contribution in [0.1, 0.15) is 32.7 Å². The van der Waals surface area contributed by atoms with E-state index in [9.17, 15) is 0 Å². The van der Waals surface area contributed by atoms with Gasteiger partial charge in [0.05, 0.1) is 24.7 Å². The molecule has 0 bridgehead atoms. The number of fused-ring (bicyclic) bond motifs is 1. The van der Waals surface area contributed by atoms with E-state index in [1.165, 1.54) is 22.0 Å². The molecule has 5 heteroatoms. The molecule has 1 unspecified atom stereocenters. The zero-order valence-electron chi connectivity index (χ0n) is 17.0. The van der Waals surface area contributed by atoms with Crippen LogP contribution < -0.4 is 9.54 Å². The van der Waals surface area contributed by atoms with Crippen molar-refractivity contribution >= 4 is 27.8 Å². The summed E-state index contributed by atoms with van der Waals surface area (Å²) in [6.07, 6.45) is 5.82. The minimum atomic E-state index is 0.364. The second kappa shape index (κ2) is 8.62. The fraction of sp³-hybridized carbons (Fsp3) is 0.250. The smallest absolute Gasteiger partial charge is 0.190 e. The molecule has 0 spiro atoms. The van der Waals surface area contributed by atoms with Crippen molar-refractivity contribution in [3.63, 3.8) is 0 Å². The van der Waals surface area contributed by atoms with E-state index < -0.39 is 0 Å². The summed E-state index contributed by atoms with van der Waals surface area (Å²) < 4.78 is 7.72. The van der Waals surface area contributed by atoms with E-state index in [1.807, 2.05) is 18.2 Å². The quantitative estimate of drug-likeness (QED) is 0.375. The molecule has 0 fully saturated rings. The largest absolute Gasteiger partial charge is 0.497 e. The fourth-order valence-corrected chi connectivity index (χ4v) is 4.64. The van der Waals surface area contributed by atoms with Gasteiger partial charge < -0.3 is 9.30 Å². The standard InChI is InChI=1S/C24H25N3OS/c1-4-6-17(2)27-23(16-29-24(27)26-21-7-5-12-25-15-21)20-9-8-19-14-22(28-3)11-10-18(19)13-20/h5,7-17H,4,6H2,1-3H3. The van der Waals surface area contributed by atoms with Crippen LogP contribution in [0, 0.1) is 0 Å². The van der Waals surface area contributed by atoms with E-state index in [2.05, 4.69) is 59.1 Å². The van der Waals surface area contributed by atoms with Gasteiger partial charge in [0.15, 0.2) is 4.80 Å². The summed E-state index contributed by atoms with van der Waals surface area (Å²) >= 11 is 1.68. The molecule has 0 aliphatic heterocycles. The van der Waals surface area contributed by atoms with Gasteiger partial charge in [-0.15, -0.1) is 11.3 Å². The van der Waals surface area contributed by atoms with Crippen molar-refractivity contribution in [1.82, 2.24) is 9.55 Å². The van der Waals surface area contributed by atoms with Crippen LogP contribution in [0.15, 0.2) is 71.3 Å². The Balaban J connectivity index is 1.85. The average molecular weight is 404 g/mol. The van der Waals surface area contributed by atoms with E-state index in [-0.39, 0.29) is 0 Å². The summed E-state index contributed by atoms with van der Waals surface area (Å²) in [5, 5.41) is 4.60. The maximum atomic E-state index is 5.35. The number of ether oxygens (including phenoxy) is 1. The summed E-state index contributed by atoms with van der Waals surface area (Å²) in [7, 11) is 1.70. The molecule has 2 aromatic heterocycles. The topological polar surface area (TPSA) is 39.4 Å². The van der Waals surface area contributed by atoms with E-state index >= 15 is 0 Å². The lowest BCUT2D eigenvalue weighted by Gasteiger charge is -2.17. The highest BCUT2D eigenvalue weighted by atomic mass is 32.1. The Kier molecular flexibility index (Phi) is 5.76. The molecule has 4 nitrogen and oxygen atoms in total. The Morgan fingerprint density at radius 3 is 2.72 bits per heavy atom. The minimum Gasteiger partial charge on any atom is -0.497 e. The maximum Gasteiger partial charge on any atom is 0.190 e. The molecule has 0 saturated carbocycles. The summed E-state index contributed by atoms with van der Waals surface area (Å²) in [6.45, 7) is 4.50. The van der Waals surface area contributed by atoms with Crippen molar-refractivity contribution in [3.8, 4) is 17.0 Å². The number of hydrogen-bond acceptors (Lipinski definition) is 4. The molecular formula is C24H25N3OS. The summed E-state index contributed by atoms with van der Waals surface area (Å²) in [6, 6.07) is 17.1. The number of aromatic nitrogens is 2. The predicted octanol–water partition coefficient (Wildman–Crippen LogP) is 6.37. The van der Waals surface area contributed by atoms with Crippen molar-refractivity contribution in [1.29, 1.82) is 0 Å². The van der Waals surface area contributed by atoms with Crippen molar-refractivity contribution in [2.45, 2.75) is 32.7 Å². The molecule has 2 aromatic carbocycles.